The number of rotatable bonds is 6. The summed E-state index contributed by atoms with van der Waals surface area (Å²) < 4.78 is 11.1. The predicted molar refractivity (Wildman–Crippen MR) is 116 cm³/mol. The molecular weight excluding hydrogens is 400 g/mol. The average Bonchev–Trinajstić information content (AvgIpc) is 2.79. The fraction of sp³-hybridized carbons (Fsp3) is 0.0870. The summed E-state index contributed by atoms with van der Waals surface area (Å²) >= 11 is 6.42. The van der Waals surface area contributed by atoms with Gasteiger partial charge in [-0.15, -0.1) is 0 Å². The fourth-order valence-electron chi connectivity index (χ4n) is 2.99. The van der Waals surface area contributed by atoms with E-state index in [0.717, 1.165) is 22.3 Å². The first kappa shape index (κ1) is 19.5. The van der Waals surface area contributed by atoms with Crippen LogP contribution in [0.3, 0.4) is 0 Å². The van der Waals surface area contributed by atoms with E-state index in [4.69, 9.17) is 21.1 Å². The number of methoxy groups -OCH3 is 1. The first-order chi connectivity index (χ1) is 14.7. The number of aromatic nitrogens is 2. The van der Waals surface area contributed by atoms with Crippen LogP contribution >= 0.6 is 11.6 Å². The Balaban J connectivity index is 1.62. The molecule has 0 aliphatic heterocycles. The summed E-state index contributed by atoms with van der Waals surface area (Å²) in [4.78, 5) is 8.58. The largest absolute Gasteiger partial charge is 0.497 e. The molecule has 2 aromatic carbocycles. The van der Waals surface area contributed by atoms with E-state index < -0.39 is 0 Å². The third-order valence-electron chi connectivity index (χ3n) is 4.50. The summed E-state index contributed by atoms with van der Waals surface area (Å²) in [5, 5.41) is 14.1. The highest BCUT2D eigenvalue weighted by Gasteiger charge is 2.12. The number of anilines is 2. The molecule has 6 nitrogen and oxygen atoms in total. The SMILES string of the molecule is COc1ccc2ncc(C#N)c(Nc3ccc(OCc4ccccn4)c(Cl)c3)c2c1. The van der Waals surface area contributed by atoms with Gasteiger partial charge < -0.3 is 14.8 Å². The molecule has 0 radical (unpaired) electrons. The Morgan fingerprint density at radius 3 is 2.73 bits per heavy atom. The van der Waals surface area contributed by atoms with Gasteiger partial charge in [0.1, 0.15) is 24.2 Å². The molecule has 148 valence electrons. The third kappa shape index (κ3) is 4.12. The number of pyridine rings is 2. The summed E-state index contributed by atoms with van der Waals surface area (Å²) in [6, 6.07) is 18.7. The van der Waals surface area contributed by atoms with Crippen molar-refractivity contribution in [1.82, 2.24) is 9.97 Å². The van der Waals surface area contributed by atoms with Crippen LogP contribution in [0.1, 0.15) is 11.3 Å². The number of fused-ring (bicyclic) bond motifs is 1. The highest BCUT2D eigenvalue weighted by Crippen LogP contribution is 2.34. The molecule has 0 saturated heterocycles. The number of nitrogens with one attached hydrogen (secondary N) is 1. The third-order valence-corrected chi connectivity index (χ3v) is 4.79. The number of hydrogen-bond donors (Lipinski definition) is 1. The van der Waals surface area contributed by atoms with Crippen LogP contribution in [0.15, 0.2) is 67.0 Å². The Morgan fingerprint density at radius 2 is 2.00 bits per heavy atom. The quantitative estimate of drug-likeness (QED) is 0.448. The monoisotopic (exact) mass is 416 g/mol. The van der Waals surface area contributed by atoms with Crippen LogP contribution in [0, 0.1) is 11.3 Å². The van der Waals surface area contributed by atoms with Crippen molar-refractivity contribution in [1.29, 1.82) is 5.26 Å². The molecule has 0 aliphatic rings. The van der Waals surface area contributed by atoms with Crippen LogP contribution in [-0.2, 0) is 6.61 Å². The van der Waals surface area contributed by atoms with Crippen molar-refractivity contribution in [2.24, 2.45) is 0 Å². The van der Waals surface area contributed by atoms with Gasteiger partial charge in [-0.1, -0.05) is 17.7 Å². The van der Waals surface area contributed by atoms with Crippen LogP contribution in [0.4, 0.5) is 11.4 Å². The maximum Gasteiger partial charge on any atom is 0.138 e. The molecule has 0 spiro atoms. The molecule has 4 rings (SSSR count). The lowest BCUT2D eigenvalue weighted by molar-refractivity contribution is 0.301. The standard InChI is InChI=1S/C23H17ClN4O2/c1-29-18-6-7-21-19(11-18)23(15(12-25)13-27-21)28-16-5-8-22(20(24)10-16)30-14-17-4-2-3-9-26-17/h2-11,13H,14H2,1H3,(H,27,28). The number of nitriles is 1. The van der Waals surface area contributed by atoms with E-state index in [0.29, 0.717) is 34.4 Å². The maximum atomic E-state index is 9.55. The van der Waals surface area contributed by atoms with E-state index in [9.17, 15) is 5.26 Å². The zero-order valence-corrected chi connectivity index (χ0v) is 16.8. The smallest absolute Gasteiger partial charge is 0.138 e. The molecule has 2 aromatic heterocycles. The number of hydrogen-bond acceptors (Lipinski definition) is 6. The minimum Gasteiger partial charge on any atom is -0.497 e. The summed E-state index contributed by atoms with van der Waals surface area (Å²) in [5.41, 5.74) is 3.34. The van der Waals surface area contributed by atoms with Gasteiger partial charge in [-0.25, -0.2) is 0 Å². The Labute approximate surface area is 178 Å². The number of ether oxygens (including phenoxy) is 2. The molecule has 0 atom stereocenters. The zero-order chi connectivity index (χ0) is 20.9. The first-order valence-corrected chi connectivity index (χ1v) is 9.52. The van der Waals surface area contributed by atoms with E-state index in [-0.39, 0.29) is 0 Å². The highest BCUT2D eigenvalue weighted by atomic mass is 35.5. The second-order valence-electron chi connectivity index (χ2n) is 6.42. The molecule has 30 heavy (non-hydrogen) atoms. The molecule has 0 amide bonds. The topological polar surface area (TPSA) is 80.1 Å². The molecule has 2 heterocycles. The molecular formula is C23H17ClN4O2. The van der Waals surface area contributed by atoms with Crippen LogP contribution in [0.5, 0.6) is 11.5 Å². The van der Waals surface area contributed by atoms with E-state index in [1.165, 1.54) is 0 Å². The number of benzene rings is 2. The lowest BCUT2D eigenvalue weighted by Gasteiger charge is -2.14. The van der Waals surface area contributed by atoms with Gasteiger partial charge in [-0.05, 0) is 48.5 Å². The maximum absolute atomic E-state index is 9.55. The molecule has 0 fully saturated rings. The molecule has 1 N–H and O–H groups in total. The van der Waals surface area contributed by atoms with Gasteiger partial charge >= 0.3 is 0 Å². The highest BCUT2D eigenvalue weighted by molar-refractivity contribution is 6.32. The lowest BCUT2D eigenvalue weighted by atomic mass is 10.1. The minimum atomic E-state index is 0.320. The number of halogens is 1. The minimum absolute atomic E-state index is 0.320. The second-order valence-corrected chi connectivity index (χ2v) is 6.83. The Hall–Kier alpha value is -3.82. The first-order valence-electron chi connectivity index (χ1n) is 9.14. The van der Waals surface area contributed by atoms with Gasteiger partial charge in [0.05, 0.1) is 34.6 Å². The average molecular weight is 417 g/mol. The fourth-order valence-corrected chi connectivity index (χ4v) is 3.23. The zero-order valence-electron chi connectivity index (χ0n) is 16.1. The molecule has 0 aliphatic carbocycles. The summed E-state index contributed by atoms with van der Waals surface area (Å²) in [6.07, 6.45) is 3.26. The van der Waals surface area contributed by atoms with Crippen molar-refractivity contribution in [2.45, 2.75) is 6.61 Å². The predicted octanol–water partition coefficient (Wildman–Crippen LogP) is 5.49. The normalized spacial score (nSPS) is 10.4. The molecule has 7 heteroatoms. The Bertz CT molecular complexity index is 1240. The van der Waals surface area contributed by atoms with E-state index >= 15 is 0 Å². The van der Waals surface area contributed by atoms with Crippen LogP contribution < -0.4 is 14.8 Å². The second kappa shape index (κ2) is 8.68. The van der Waals surface area contributed by atoms with Crippen LogP contribution in [0.25, 0.3) is 10.9 Å². The molecule has 0 unspecified atom stereocenters. The summed E-state index contributed by atoms with van der Waals surface area (Å²) in [6.45, 7) is 0.320. The molecule has 4 aromatic rings. The van der Waals surface area contributed by atoms with Gasteiger partial charge in [0, 0.05) is 23.5 Å². The summed E-state index contributed by atoms with van der Waals surface area (Å²) in [5.74, 6) is 1.23. The van der Waals surface area contributed by atoms with E-state index in [1.807, 2.05) is 42.5 Å². The van der Waals surface area contributed by atoms with Gasteiger partial charge in [0.2, 0.25) is 0 Å². The van der Waals surface area contributed by atoms with Crippen molar-refractivity contribution in [2.75, 3.05) is 12.4 Å². The Morgan fingerprint density at radius 1 is 1.10 bits per heavy atom. The van der Waals surface area contributed by atoms with E-state index in [2.05, 4.69) is 21.4 Å². The summed E-state index contributed by atoms with van der Waals surface area (Å²) in [7, 11) is 1.60. The van der Waals surface area contributed by atoms with E-state index in [1.54, 1.807) is 31.6 Å². The van der Waals surface area contributed by atoms with Crippen molar-refractivity contribution in [3.05, 3.63) is 83.3 Å². The van der Waals surface area contributed by atoms with Crippen LogP contribution in [-0.4, -0.2) is 17.1 Å². The molecule has 0 bridgehead atoms. The lowest BCUT2D eigenvalue weighted by Crippen LogP contribution is -2.00. The van der Waals surface area contributed by atoms with Gasteiger partial charge in [-0.2, -0.15) is 5.26 Å². The van der Waals surface area contributed by atoms with Crippen molar-refractivity contribution < 1.29 is 9.47 Å². The van der Waals surface area contributed by atoms with Gasteiger partial charge in [-0.3, -0.25) is 9.97 Å². The van der Waals surface area contributed by atoms with Crippen molar-refractivity contribution in [3.8, 4) is 17.6 Å². The Kier molecular flexibility index (Phi) is 5.64. The van der Waals surface area contributed by atoms with Gasteiger partial charge in [0.15, 0.2) is 0 Å². The van der Waals surface area contributed by atoms with Crippen molar-refractivity contribution in [3.63, 3.8) is 0 Å². The molecule has 0 saturated carbocycles. The van der Waals surface area contributed by atoms with Gasteiger partial charge in [0.25, 0.3) is 0 Å². The van der Waals surface area contributed by atoms with Crippen molar-refractivity contribution >= 4 is 33.9 Å². The number of nitrogens with zero attached hydrogens (tertiary/aromatic N) is 3. The van der Waals surface area contributed by atoms with Crippen LogP contribution in [0.2, 0.25) is 5.02 Å².